The van der Waals surface area contributed by atoms with E-state index in [0.29, 0.717) is 13.1 Å². The molecule has 0 bridgehead atoms. The molecule has 0 fully saturated rings. The Morgan fingerprint density at radius 2 is 2.00 bits per heavy atom. The van der Waals surface area contributed by atoms with Gasteiger partial charge in [0.1, 0.15) is 0 Å². The Balaban J connectivity index is 3.86. The topological polar surface area (TPSA) is 87.3 Å². The summed E-state index contributed by atoms with van der Waals surface area (Å²) in [6.07, 6.45) is 0. The van der Waals surface area contributed by atoms with Gasteiger partial charge >= 0.3 is 0 Å². The molecule has 7 heteroatoms. The molecule has 1 amide bonds. The highest BCUT2D eigenvalue weighted by Gasteiger charge is 2.13. The van der Waals surface area contributed by atoms with Gasteiger partial charge < -0.3 is 10.6 Å². The number of rotatable bonds is 8. The summed E-state index contributed by atoms with van der Waals surface area (Å²) in [5.74, 6) is -0.383. The lowest BCUT2D eigenvalue weighted by molar-refractivity contribution is -0.124. The van der Waals surface area contributed by atoms with Crippen LogP contribution in [0.5, 0.6) is 0 Å². The van der Waals surface area contributed by atoms with Crippen molar-refractivity contribution in [2.75, 3.05) is 32.4 Å². The maximum atomic E-state index is 11.4. The summed E-state index contributed by atoms with van der Waals surface area (Å²) < 4.78 is 24.8. The van der Waals surface area contributed by atoms with E-state index < -0.39 is 10.0 Å². The van der Waals surface area contributed by atoms with Crippen LogP contribution in [0.2, 0.25) is 0 Å². The SMILES string of the molecule is CCNS(=O)(=O)CCNC(=O)C(C)CNC. The molecule has 0 saturated heterocycles. The fraction of sp³-hybridized carbons (Fsp3) is 0.889. The lowest BCUT2D eigenvalue weighted by Crippen LogP contribution is -2.38. The van der Waals surface area contributed by atoms with Crippen LogP contribution in [0, 0.1) is 5.92 Å². The summed E-state index contributed by atoms with van der Waals surface area (Å²) in [6, 6.07) is 0. The molecule has 0 aliphatic carbocycles. The number of nitrogens with one attached hydrogen (secondary N) is 3. The van der Waals surface area contributed by atoms with Gasteiger partial charge in [0.15, 0.2) is 0 Å². The molecule has 0 aliphatic rings. The first kappa shape index (κ1) is 15.3. The summed E-state index contributed by atoms with van der Waals surface area (Å²) in [6.45, 7) is 4.58. The highest BCUT2D eigenvalue weighted by atomic mass is 32.2. The Hall–Kier alpha value is -0.660. The molecular formula is C9H21N3O3S. The molecule has 0 rings (SSSR count). The Morgan fingerprint density at radius 3 is 2.50 bits per heavy atom. The Kier molecular flexibility index (Phi) is 7.27. The molecule has 0 spiro atoms. The second-order valence-electron chi connectivity index (χ2n) is 3.57. The zero-order valence-electron chi connectivity index (χ0n) is 10.0. The molecule has 1 atom stereocenters. The number of hydrogen-bond donors (Lipinski definition) is 3. The van der Waals surface area contributed by atoms with E-state index in [-0.39, 0.29) is 24.1 Å². The van der Waals surface area contributed by atoms with Gasteiger partial charge in [0, 0.05) is 25.6 Å². The van der Waals surface area contributed by atoms with E-state index in [1.165, 1.54) is 0 Å². The van der Waals surface area contributed by atoms with Crippen LogP contribution >= 0.6 is 0 Å². The van der Waals surface area contributed by atoms with E-state index in [1.54, 1.807) is 20.9 Å². The molecule has 6 nitrogen and oxygen atoms in total. The van der Waals surface area contributed by atoms with Crippen LogP contribution in [-0.4, -0.2) is 46.8 Å². The molecule has 16 heavy (non-hydrogen) atoms. The molecule has 1 unspecified atom stereocenters. The summed E-state index contributed by atoms with van der Waals surface area (Å²) in [5, 5.41) is 5.47. The van der Waals surface area contributed by atoms with Crippen molar-refractivity contribution in [3.63, 3.8) is 0 Å². The van der Waals surface area contributed by atoms with Crippen LogP contribution < -0.4 is 15.4 Å². The Labute approximate surface area is 97.2 Å². The standard InChI is InChI=1S/C9H21N3O3S/c1-4-12-16(14,15)6-5-11-9(13)8(2)7-10-3/h8,10,12H,4-7H2,1-3H3,(H,11,13). The first-order valence-electron chi connectivity index (χ1n) is 5.32. The third-order valence-electron chi connectivity index (χ3n) is 1.99. The summed E-state index contributed by atoms with van der Waals surface area (Å²) in [7, 11) is -1.48. The average Bonchev–Trinajstić information content (AvgIpc) is 2.17. The van der Waals surface area contributed by atoms with Crippen LogP contribution in [-0.2, 0) is 14.8 Å². The Bertz CT molecular complexity index is 303. The number of carbonyl (C=O) groups is 1. The van der Waals surface area contributed by atoms with Gasteiger partial charge in [-0.1, -0.05) is 13.8 Å². The largest absolute Gasteiger partial charge is 0.355 e. The molecule has 96 valence electrons. The van der Waals surface area contributed by atoms with Gasteiger partial charge in [-0.25, -0.2) is 13.1 Å². The second-order valence-corrected chi connectivity index (χ2v) is 5.49. The van der Waals surface area contributed by atoms with E-state index in [4.69, 9.17) is 0 Å². The van der Waals surface area contributed by atoms with Crippen molar-refractivity contribution in [3.8, 4) is 0 Å². The third-order valence-corrected chi connectivity index (χ3v) is 3.46. The van der Waals surface area contributed by atoms with E-state index in [1.807, 2.05) is 0 Å². The number of amides is 1. The first-order valence-corrected chi connectivity index (χ1v) is 6.97. The lowest BCUT2D eigenvalue weighted by Gasteiger charge is -2.11. The summed E-state index contributed by atoms with van der Waals surface area (Å²) in [4.78, 5) is 11.4. The molecular weight excluding hydrogens is 230 g/mol. The lowest BCUT2D eigenvalue weighted by atomic mass is 10.1. The van der Waals surface area contributed by atoms with Crippen LogP contribution in [0.1, 0.15) is 13.8 Å². The zero-order valence-corrected chi connectivity index (χ0v) is 10.9. The van der Waals surface area contributed by atoms with E-state index in [0.717, 1.165) is 0 Å². The van der Waals surface area contributed by atoms with Gasteiger partial charge in [-0.3, -0.25) is 4.79 Å². The monoisotopic (exact) mass is 251 g/mol. The van der Waals surface area contributed by atoms with Crippen molar-refractivity contribution in [3.05, 3.63) is 0 Å². The molecule has 0 aromatic rings. The molecule has 0 aromatic heterocycles. The average molecular weight is 251 g/mol. The highest BCUT2D eigenvalue weighted by Crippen LogP contribution is 1.91. The summed E-state index contributed by atoms with van der Waals surface area (Å²) >= 11 is 0. The first-order chi connectivity index (χ1) is 7.43. The maximum absolute atomic E-state index is 11.4. The minimum absolute atomic E-state index is 0.0845. The number of carbonyl (C=O) groups excluding carboxylic acids is 1. The van der Waals surface area contributed by atoms with Gasteiger partial charge in [0.05, 0.1) is 5.75 Å². The number of hydrogen-bond acceptors (Lipinski definition) is 4. The molecule has 0 aromatic carbocycles. The summed E-state index contributed by atoms with van der Waals surface area (Å²) in [5.41, 5.74) is 0. The quantitative estimate of drug-likeness (QED) is 0.511. The molecule has 0 radical (unpaired) electrons. The minimum Gasteiger partial charge on any atom is -0.355 e. The normalized spacial score (nSPS) is 13.4. The van der Waals surface area contributed by atoms with Gasteiger partial charge in [0.25, 0.3) is 0 Å². The fourth-order valence-electron chi connectivity index (χ4n) is 1.17. The van der Waals surface area contributed by atoms with Gasteiger partial charge in [0.2, 0.25) is 15.9 Å². The molecule has 3 N–H and O–H groups in total. The molecule has 0 aliphatic heterocycles. The zero-order chi connectivity index (χ0) is 12.6. The van der Waals surface area contributed by atoms with E-state index in [9.17, 15) is 13.2 Å². The van der Waals surface area contributed by atoms with E-state index in [2.05, 4.69) is 15.4 Å². The van der Waals surface area contributed by atoms with Gasteiger partial charge in [-0.15, -0.1) is 0 Å². The predicted molar refractivity (Wildman–Crippen MR) is 63.6 cm³/mol. The van der Waals surface area contributed by atoms with Crippen molar-refractivity contribution in [1.29, 1.82) is 0 Å². The van der Waals surface area contributed by atoms with Crippen molar-refractivity contribution in [2.45, 2.75) is 13.8 Å². The Morgan fingerprint density at radius 1 is 1.38 bits per heavy atom. The number of sulfonamides is 1. The van der Waals surface area contributed by atoms with Gasteiger partial charge in [-0.2, -0.15) is 0 Å². The maximum Gasteiger partial charge on any atom is 0.224 e. The van der Waals surface area contributed by atoms with Crippen LogP contribution in [0.25, 0.3) is 0 Å². The smallest absolute Gasteiger partial charge is 0.224 e. The third kappa shape index (κ3) is 6.76. The second kappa shape index (κ2) is 7.59. The minimum atomic E-state index is -3.25. The van der Waals surface area contributed by atoms with Crippen LogP contribution in [0.15, 0.2) is 0 Å². The van der Waals surface area contributed by atoms with E-state index >= 15 is 0 Å². The highest BCUT2D eigenvalue weighted by molar-refractivity contribution is 7.89. The molecule has 0 saturated carbocycles. The van der Waals surface area contributed by atoms with Crippen molar-refractivity contribution >= 4 is 15.9 Å². The van der Waals surface area contributed by atoms with Gasteiger partial charge in [-0.05, 0) is 7.05 Å². The van der Waals surface area contributed by atoms with Crippen molar-refractivity contribution in [1.82, 2.24) is 15.4 Å². The molecule has 0 heterocycles. The van der Waals surface area contributed by atoms with Crippen molar-refractivity contribution < 1.29 is 13.2 Å². The van der Waals surface area contributed by atoms with Crippen LogP contribution in [0.4, 0.5) is 0 Å². The van der Waals surface area contributed by atoms with Crippen molar-refractivity contribution in [2.24, 2.45) is 5.92 Å². The predicted octanol–water partition coefficient (Wildman–Crippen LogP) is -1.10. The fourth-order valence-corrected chi connectivity index (χ4v) is 2.13. The van der Waals surface area contributed by atoms with Crippen LogP contribution in [0.3, 0.4) is 0 Å².